The van der Waals surface area contributed by atoms with Gasteiger partial charge >= 0.3 is 6.09 Å². The minimum absolute atomic E-state index is 0.0441. The van der Waals surface area contributed by atoms with Crippen molar-refractivity contribution in [2.24, 2.45) is 0 Å². The van der Waals surface area contributed by atoms with Crippen LogP contribution in [0.15, 0.2) is 0 Å². The summed E-state index contributed by atoms with van der Waals surface area (Å²) in [5, 5.41) is 0. The maximum Gasteiger partial charge on any atom is 0.410 e. The Morgan fingerprint density at radius 2 is 1.56 bits per heavy atom. The van der Waals surface area contributed by atoms with E-state index in [1.807, 2.05) is 25.7 Å². The fourth-order valence-corrected chi connectivity index (χ4v) is 11.6. The molecule has 0 aromatic rings. The van der Waals surface area contributed by atoms with E-state index in [9.17, 15) is 4.79 Å². The Morgan fingerprint density at radius 1 is 0.941 bits per heavy atom. The Balaban J connectivity index is 2.14. The van der Waals surface area contributed by atoms with Crippen molar-refractivity contribution < 1.29 is 23.4 Å². The second-order valence-corrected chi connectivity index (χ2v) is 17.7. The molecule has 34 heavy (non-hydrogen) atoms. The van der Waals surface area contributed by atoms with Crippen molar-refractivity contribution in [3.05, 3.63) is 0 Å². The third kappa shape index (κ3) is 7.94. The molecule has 0 aliphatic carbocycles. The number of hydrogen-bond donors (Lipinski definition) is 0. The van der Waals surface area contributed by atoms with E-state index in [4.69, 9.17) is 18.6 Å². The molecule has 200 valence electrons. The fourth-order valence-electron chi connectivity index (χ4n) is 6.14. The number of likely N-dealkylation sites (tertiary alicyclic amines) is 1. The molecule has 0 radical (unpaired) electrons. The summed E-state index contributed by atoms with van der Waals surface area (Å²) < 4.78 is 24.6. The average molecular weight is 500 g/mol. The topological polar surface area (TPSA) is 57.2 Å². The van der Waals surface area contributed by atoms with Crippen molar-refractivity contribution >= 4 is 14.4 Å². The van der Waals surface area contributed by atoms with E-state index in [1.54, 1.807) is 0 Å². The van der Waals surface area contributed by atoms with Crippen LogP contribution in [-0.2, 0) is 18.6 Å². The lowest BCUT2D eigenvalue weighted by Crippen LogP contribution is -2.56. The van der Waals surface area contributed by atoms with Crippen molar-refractivity contribution in [3.8, 4) is 0 Å². The minimum Gasteiger partial charge on any atom is -0.444 e. The molecule has 0 N–H and O–H groups in total. The van der Waals surface area contributed by atoms with Crippen LogP contribution in [0, 0.1) is 0 Å². The molecule has 2 heterocycles. The van der Waals surface area contributed by atoms with Crippen molar-refractivity contribution in [1.82, 2.24) is 4.90 Å². The number of ether oxygens (including phenoxy) is 3. The van der Waals surface area contributed by atoms with Crippen LogP contribution in [-0.4, -0.2) is 63.1 Å². The number of hydrogen-bond acceptors (Lipinski definition) is 5. The molecule has 2 rings (SSSR count). The highest BCUT2D eigenvalue weighted by Gasteiger charge is 2.46. The van der Waals surface area contributed by atoms with Gasteiger partial charge in [-0.3, -0.25) is 4.90 Å². The summed E-state index contributed by atoms with van der Waals surface area (Å²) in [6, 6.07) is 0.150. The number of rotatable bonds is 10. The summed E-state index contributed by atoms with van der Waals surface area (Å²) in [4.78, 5) is 15.4. The normalized spacial score (nSPS) is 24.8. The molecule has 0 aromatic carbocycles. The Morgan fingerprint density at radius 3 is 2.09 bits per heavy atom. The third-order valence-corrected chi connectivity index (χ3v) is 13.7. The van der Waals surface area contributed by atoms with Crippen molar-refractivity contribution in [3.63, 3.8) is 0 Å². The van der Waals surface area contributed by atoms with Gasteiger partial charge in [0.15, 0.2) is 14.6 Å². The van der Waals surface area contributed by atoms with E-state index in [0.717, 1.165) is 51.6 Å². The van der Waals surface area contributed by atoms with Gasteiger partial charge in [0.05, 0.1) is 19.3 Å². The average Bonchev–Trinajstić information content (AvgIpc) is 2.73. The summed E-state index contributed by atoms with van der Waals surface area (Å²) in [5.74, 6) is 0. The van der Waals surface area contributed by atoms with E-state index >= 15 is 0 Å². The summed E-state index contributed by atoms with van der Waals surface area (Å²) >= 11 is 0. The quantitative estimate of drug-likeness (QED) is 0.296. The Hall–Kier alpha value is -0.633. The molecule has 6 nitrogen and oxygen atoms in total. The van der Waals surface area contributed by atoms with E-state index in [2.05, 4.69) is 41.5 Å². The van der Waals surface area contributed by atoms with Crippen LogP contribution in [0.5, 0.6) is 0 Å². The zero-order valence-electron chi connectivity index (χ0n) is 23.5. The summed E-state index contributed by atoms with van der Waals surface area (Å²) in [5.41, 5.74) is 1.03. The minimum atomic E-state index is -2.01. The lowest BCUT2D eigenvalue weighted by molar-refractivity contribution is -0.165. The second-order valence-electron chi connectivity index (χ2n) is 12.2. The first kappa shape index (κ1) is 29.6. The van der Waals surface area contributed by atoms with Gasteiger partial charge in [0.25, 0.3) is 0 Å². The van der Waals surface area contributed by atoms with E-state index in [0.29, 0.717) is 29.8 Å². The number of piperidine rings is 1. The molecule has 0 saturated carbocycles. The molecule has 1 amide bonds. The Kier molecular flexibility index (Phi) is 11.4. The predicted octanol–water partition coefficient (Wildman–Crippen LogP) is 7.27. The van der Waals surface area contributed by atoms with Gasteiger partial charge in [0.2, 0.25) is 0 Å². The standard InChI is InChI=1S/C27H53NO5Si/c1-20(2)34(21(3)4,22(5)6)32-19-24-14-12-13-23(28(24)26(29)33-27(7,8)9)16-18-31-25-15-10-11-17-30-25/h20-25H,10-19H2,1-9H3. The van der Waals surface area contributed by atoms with Crippen LogP contribution in [0.3, 0.4) is 0 Å². The predicted molar refractivity (Wildman–Crippen MR) is 141 cm³/mol. The molecule has 2 fully saturated rings. The van der Waals surface area contributed by atoms with Crippen LogP contribution < -0.4 is 0 Å². The second kappa shape index (κ2) is 13.1. The molecule has 0 bridgehead atoms. The highest BCUT2D eigenvalue weighted by molar-refractivity contribution is 6.77. The van der Waals surface area contributed by atoms with Gasteiger partial charge in [-0.15, -0.1) is 0 Å². The molecular formula is C27H53NO5Si. The molecule has 0 aromatic heterocycles. The first-order chi connectivity index (χ1) is 15.9. The first-order valence-corrected chi connectivity index (χ1v) is 15.9. The Labute approximate surface area is 210 Å². The van der Waals surface area contributed by atoms with Gasteiger partial charge in [-0.1, -0.05) is 41.5 Å². The SMILES string of the molecule is CC(C)[Si](OCC1CCCC(CCOC2CCCCO2)N1C(=O)OC(C)(C)C)(C(C)C)C(C)C. The van der Waals surface area contributed by atoms with Crippen LogP contribution in [0.2, 0.25) is 16.6 Å². The van der Waals surface area contributed by atoms with Crippen LogP contribution in [0.1, 0.15) is 107 Å². The number of carbonyl (C=O) groups excluding carboxylic acids is 1. The van der Waals surface area contributed by atoms with E-state index in [1.165, 1.54) is 0 Å². The molecule has 3 unspecified atom stereocenters. The molecule has 7 heteroatoms. The van der Waals surface area contributed by atoms with Gasteiger partial charge in [0, 0.05) is 12.6 Å². The number of carbonyl (C=O) groups is 1. The van der Waals surface area contributed by atoms with E-state index in [-0.39, 0.29) is 24.5 Å². The molecule has 2 aliphatic heterocycles. The van der Waals surface area contributed by atoms with E-state index < -0.39 is 13.9 Å². The zero-order chi connectivity index (χ0) is 25.5. The van der Waals surface area contributed by atoms with Gasteiger partial charge in [-0.2, -0.15) is 0 Å². The van der Waals surface area contributed by atoms with Gasteiger partial charge in [-0.05, 0) is 82.3 Å². The van der Waals surface area contributed by atoms with Gasteiger partial charge in [-0.25, -0.2) is 4.79 Å². The van der Waals surface area contributed by atoms with Gasteiger partial charge in [0.1, 0.15) is 5.60 Å². The fraction of sp³-hybridized carbons (Fsp3) is 0.963. The van der Waals surface area contributed by atoms with Crippen LogP contribution in [0.4, 0.5) is 4.79 Å². The smallest absolute Gasteiger partial charge is 0.410 e. The van der Waals surface area contributed by atoms with Crippen molar-refractivity contribution in [1.29, 1.82) is 0 Å². The molecular weight excluding hydrogens is 446 g/mol. The lowest BCUT2D eigenvalue weighted by Gasteiger charge is -2.46. The van der Waals surface area contributed by atoms with Crippen LogP contribution >= 0.6 is 0 Å². The van der Waals surface area contributed by atoms with Crippen molar-refractivity contribution in [2.45, 2.75) is 148 Å². The highest BCUT2D eigenvalue weighted by Crippen LogP contribution is 2.43. The maximum absolute atomic E-state index is 13.4. The third-order valence-electron chi connectivity index (χ3n) is 7.59. The number of nitrogens with zero attached hydrogens (tertiary/aromatic N) is 1. The molecule has 0 spiro atoms. The maximum atomic E-state index is 13.4. The number of amides is 1. The monoisotopic (exact) mass is 499 g/mol. The molecule has 2 saturated heterocycles. The highest BCUT2D eigenvalue weighted by atomic mass is 28.4. The Bertz CT molecular complexity index is 591. The lowest BCUT2D eigenvalue weighted by atomic mass is 9.94. The van der Waals surface area contributed by atoms with Gasteiger partial charge < -0.3 is 18.6 Å². The zero-order valence-corrected chi connectivity index (χ0v) is 24.5. The molecule has 2 aliphatic rings. The summed E-state index contributed by atoms with van der Waals surface area (Å²) in [7, 11) is -2.01. The first-order valence-electron chi connectivity index (χ1n) is 13.8. The molecule has 3 atom stereocenters. The van der Waals surface area contributed by atoms with Crippen molar-refractivity contribution in [2.75, 3.05) is 19.8 Å². The largest absolute Gasteiger partial charge is 0.444 e. The van der Waals surface area contributed by atoms with Crippen LogP contribution in [0.25, 0.3) is 0 Å². The summed E-state index contributed by atoms with van der Waals surface area (Å²) in [6.45, 7) is 21.7. The summed E-state index contributed by atoms with van der Waals surface area (Å²) in [6.07, 6.45) is 6.76.